The third kappa shape index (κ3) is 6.64. The number of nitrogens with zero attached hydrogens (tertiary/aromatic N) is 2. The van der Waals surface area contributed by atoms with Gasteiger partial charge in [-0.05, 0) is 43.6 Å². The Balaban J connectivity index is 0.00000338. The monoisotopic (exact) mass is 475 g/mol. The van der Waals surface area contributed by atoms with Crippen LogP contribution in [-0.2, 0) is 11.3 Å². The van der Waals surface area contributed by atoms with Crippen molar-refractivity contribution in [3.8, 4) is 5.75 Å². The first kappa shape index (κ1) is 22.5. The molecule has 0 saturated carbocycles. The number of guanidine groups is 1. The first-order valence-corrected chi connectivity index (χ1v) is 8.75. The zero-order valence-electron chi connectivity index (χ0n) is 15.7. The summed E-state index contributed by atoms with van der Waals surface area (Å²) < 4.78 is 5.25. The SMILES string of the molecule is CCN1CCCC1CNC(N)=NCc1ccc(OC)c(NC(C)=O)c1.I. The molecule has 0 spiro atoms. The molecule has 0 aliphatic carbocycles. The first-order chi connectivity index (χ1) is 12.0. The summed E-state index contributed by atoms with van der Waals surface area (Å²) in [6.45, 7) is 7.15. The average molecular weight is 475 g/mol. The predicted octanol–water partition coefficient (Wildman–Crippen LogP) is 2.16. The summed E-state index contributed by atoms with van der Waals surface area (Å²) in [5.74, 6) is 0.923. The Labute approximate surface area is 172 Å². The number of nitrogens with one attached hydrogen (secondary N) is 2. The minimum atomic E-state index is -0.142. The summed E-state index contributed by atoms with van der Waals surface area (Å²) in [6, 6.07) is 6.12. The fraction of sp³-hybridized carbons (Fsp3) is 0.556. The quantitative estimate of drug-likeness (QED) is 0.320. The van der Waals surface area contributed by atoms with Crippen LogP contribution in [0, 0.1) is 0 Å². The largest absolute Gasteiger partial charge is 0.495 e. The number of hydrogen-bond donors (Lipinski definition) is 3. The highest BCUT2D eigenvalue weighted by atomic mass is 127. The zero-order valence-corrected chi connectivity index (χ0v) is 18.1. The maximum absolute atomic E-state index is 11.3. The molecule has 0 aromatic heterocycles. The van der Waals surface area contributed by atoms with Gasteiger partial charge in [-0.2, -0.15) is 0 Å². The summed E-state index contributed by atoms with van der Waals surface area (Å²) in [5, 5.41) is 5.98. The molecule has 7 nitrogen and oxygen atoms in total. The van der Waals surface area contributed by atoms with Gasteiger partial charge in [0.2, 0.25) is 5.91 Å². The third-order valence-electron chi connectivity index (χ3n) is 4.43. The van der Waals surface area contributed by atoms with Gasteiger partial charge in [0.05, 0.1) is 19.3 Å². The predicted molar refractivity (Wildman–Crippen MR) is 116 cm³/mol. The van der Waals surface area contributed by atoms with Crippen molar-refractivity contribution in [2.75, 3.05) is 32.1 Å². The molecule has 8 heteroatoms. The minimum absolute atomic E-state index is 0. The molecule has 146 valence electrons. The summed E-state index contributed by atoms with van der Waals surface area (Å²) in [7, 11) is 1.57. The Kier molecular flexibility index (Phi) is 9.71. The van der Waals surface area contributed by atoms with Gasteiger partial charge >= 0.3 is 0 Å². The summed E-state index contributed by atoms with van der Waals surface area (Å²) in [6.07, 6.45) is 2.45. The van der Waals surface area contributed by atoms with Gasteiger partial charge in [-0.3, -0.25) is 9.69 Å². The van der Waals surface area contributed by atoms with E-state index in [1.165, 1.54) is 19.8 Å². The topological polar surface area (TPSA) is 92.0 Å². The fourth-order valence-electron chi connectivity index (χ4n) is 3.14. The lowest BCUT2D eigenvalue weighted by Gasteiger charge is -2.23. The number of likely N-dealkylation sites (tertiary alicyclic amines) is 1. The number of benzene rings is 1. The van der Waals surface area contributed by atoms with Gasteiger partial charge in [0.15, 0.2) is 5.96 Å². The van der Waals surface area contributed by atoms with E-state index >= 15 is 0 Å². The molecule has 1 unspecified atom stereocenters. The van der Waals surface area contributed by atoms with Crippen LogP contribution in [-0.4, -0.2) is 49.6 Å². The number of rotatable bonds is 7. The number of likely N-dealkylation sites (N-methyl/N-ethyl adjacent to an activating group) is 1. The standard InChI is InChI=1S/C18H29N5O2.HI/c1-4-23-9-5-6-15(23)12-21-18(19)20-11-14-7-8-17(25-3)16(10-14)22-13(2)24;/h7-8,10,15H,4-6,9,11-12H2,1-3H3,(H,22,24)(H3,19,20,21);1H. The summed E-state index contributed by atoms with van der Waals surface area (Å²) >= 11 is 0. The molecule has 1 aromatic rings. The molecule has 1 atom stereocenters. The van der Waals surface area contributed by atoms with E-state index in [2.05, 4.69) is 27.4 Å². The van der Waals surface area contributed by atoms with Gasteiger partial charge in [-0.25, -0.2) is 4.99 Å². The van der Waals surface area contributed by atoms with E-state index in [9.17, 15) is 4.79 Å². The highest BCUT2D eigenvalue weighted by Gasteiger charge is 2.22. The molecule has 1 saturated heterocycles. The van der Waals surface area contributed by atoms with Gasteiger partial charge in [0.25, 0.3) is 0 Å². The molecule has 0 radical (unpaired) electrons. The van der Waals surface area contributed by atoms with Crippen molar-refractivity contribution in [2.24, 2.45) is 10.7 Å². The Morgan fingerprint density at radius 3 is 2.88 bits per heavy atom. The molecule has 4 N–H and O–H groups in total. The number of anilines is 1. The van der Waals surface area contributed by atoms with Crippen molar-refractivity contribution in [1.82, 2.24) is 10.2 Å². The van der Waals surface area contributed by atoms with E-state index in [4.69, 9.17) is 10.5 Å². The number of ether oxygens (including phenoxy) is 1. The number of nitrogens with two attached hydrogens (primary N) is 1. The van der Waals surface area contributed by atoms with Crippen LogP contribution in [0.15, 0.2) is 23.2 Å². The van der Waals surface area contributed by atoms with Crippen molar-refractivity contribution in [1.29, 1.82) is 0 Å². The van der Waals surface area contributed by atoms with Crippen LogP contribution in [0.3, 0.4) is 0 Å². The lowest BCUT2D eigenvalue weighted by Crippen LogP contribution is -2.42. The van der Waals surface area contributed by atoms with E-state index in [1.807, 2.05) is 18.2 Å². The Morgan fingerprint density at radius 2 is 2.23 bits per heavy atom. The second kappa shape index (κ2) is 11.2. The highest BCUT2D eigenvalue weighted by Crippen LogP contribution is 2.25. The molecule has 26 heavy (non-hydrogen) atoms. The van der Waals surface area contributed by atoms with Gasteiger partial charge in [-0.1, -0.05) is 13.0 Å². The molecule has 1 aromatic carbocycles. The van der Waals surface area contributed by atoms with Crippen molar-refractivity contribution < 1.29 is 9.53 Å². The number of amides is 1. The number of hydrogen-bond acceptors (Lipinski definition) is 4. The van der Waals surface area contributed by atoms with Crippen molar-refractivity contribution in [3.63, 3.8) is 0 Å². The summed E-state index contributed by atoms with van der Waals surface area (Å²) in [4.78, 5) is 18.1. The molecular weight excluding hydrogens is 445 g/mol. The number of halogens is 1. The van der Waals surface area contributed by atoms with Crippen molar-refractivity contribution in [3.05, 3.63) is 23.8 Å². The van der Waals surface area contributed by atoms with Gasteiger partial charge < -0.3 is 21.1 Å². The van der Waals surface area contributed by atoms with Gasteiger partial charge in [-0.15, -0.1) is 24.0 Å². The molecule has 1 aliphatic rings. The number of carbonyl (C=O) groups is 1. The smallest absolute Gasteiger partial charge is 0.221 e. The molecule has 2 rings (SSSR count). The highest BCUT2D eigenvalue weighted by molar-refractivity contribution is 14.0. The van der Waals surface area contributed by atoms with E-state index in [0.717, 1.165) is 25.2 Å². The lowest BCUT2D eigenvalue weighted by molar-refractivity contribution is -0.114. The Morgan fingerprint density at radius 1 is 1.46 bits per heavy atom. The van der Waals surface area contributed by atoms with Crippen LogP contribution in [0.1, 0.15) is 32.3 Å². The molecule has 1 aliphatic heterocycles. The van der Waals surface area contributed by atoms with Crippen LogP contribution in [0.25, 0.3) is 0 Å². The number of aliphatic imine (C=N–C) groups is 1. The molecular formula is C18H30IN5O2. The maximum Gasteiger partial charge on any atom is 0.221 e. The third-order valence-corrected chi connectivity index (χ3v) is 4.43. The Bertz CT molecular complexity index is 624. The van der Waals surface area contributed by atoms with Crippen molar-refractivity contribution in [2.45, 2.75) is 39.3 Å². The maximum atomic E-state index is 11.3. The van der Waals surface area contributed by atoms with Gasteiger partial charge in [0.1, 0.15) is 5.75 Å². The Hall–Kier alpha value is -1.55. The van der Waals surface area contributed by atoms with Crippen LogP contribution < -0.4 is 21.1 Å². The number of methoxy groups -OCH3 is 1. The number of carbonyl (C=O) groups excluding carboxylic acids is 1. The fourth-order valence-corrected chi connectivity index (χ4v) is 3.14. The van der Waals surface area contributed by atoms with Crippen LogP contribution in [0.4, 0.5) is 5.69 Å². The van der Waals surface area contributed by atoms with Crippen LogP contribution >= 0.6 is 24.0 Å². The summed E-state index contributed by atoms with van der Waals surface area (Å²) in [5.41, 5.74) is 7.57. The van der Waals surface area contributed by atoms with E-state index in [0.29, 0.717) is 30.0 Å². The van der Waals surface area contributed by atoms with E-state index < -0.39 is 0 Å². The lowest BCUT2D eigenvalue weighted by atomic mass is 10.2. The van der Waals surface area contributed by atoms with Gasteiger partial charge in [0, 0.05) is 19.5 Å². The molecule has 0 bridgehead atoms. The second-order valence-corrected chi connectivity index (χ2v) is 6.22. The minimum Gasteiger partial charge on any atom is -0.495 e. The average Bonchev–Trinajstić information content (AvgIpc) is 3.05. The van der Waals surface area contributed by atoms with E-state index in [1.54, 1.807) is 7.11 Å². The molecule has 1 heterocycles. The van der Waals surface area contributed by atoms with Crippen molar-refractivity contribution >= 4 is 41.5 Å². The molecule has 1 amide bonds. The second-order valence-electron chi connectivity index (χ2n) is 6.22. The van der Waals surface area contributed by atoms with Crippen LogP contribution in [0.2, 0.25) is 0 Å². The van der Waals surface area contributed by atoms with E-state index in [-0.39, 0.29) is 29.9 Å². The van der Waals surface area contributed by atoms with Crippen LogP contribution in [0.5, 0.6) is 5.75 Å². The first-order valence-electron chi connectivity index (χ1n) is 8.75. The zero-order chi connectivity index (χ0) is 18.2. The normalized spacial score (nSPS) is 17.5. The molecule has 1 fully saturated rings.